The third kappa shape index (κ3) is 54.4. The number of hydrogen-bond acceptors (Lipinski definition) is 8. The Balaban J connectivity index is 3.98. The van der Waals surface area contributed by atoms with Gasteiger partial charge in [-0.15, -0.1) is 0 Å². The Morgan fingerprint density at radius 2 is 0.797 bits per heavy atom. The molecule has 0 saturated heterocycles. The van der Waals surface area contributed by atoms with Crippen molar-refractivity contribution in [1.29, 1.82) is 0 Å². The van der Waals surface area contributed by atoms with Crippen LogP contribution in [-0.4, -0.2) is 49.3 Å². The number of allylic oxidation sites excluding steroid dienone is 14. The van der Waals surface area contributed by atoms with Crippen molar-refractivity contribution in [2.24, 2.45) is 5.73 Å². The number of unbranched alkanes of at least 4 members (excludes halogenated alkanes) is 25. The summed E-state index contributed by atoms with van der Waals surface area (Å²) in [7, 11) is -4.39. The monoisotopic (exact) mass is 986 g/mol. The summed E-state index contributed by atoms with van der Waals surface area (Å²) >= 11 is 0. The van der Waals surface area contributed by atoms with E-state index in [9.17, 15) is 19.0 Å². The van der Waals surface area contributed by atoms with Crippen molar-refractivity contribution in [3.8, 4) is 0 Å². The maximum Gasteiger partial charge on any atom is 0.472 e. The van der Waals surface area contributed by atoms with Crippen LogP contribution in [0.15, 0.2) is 85.1 Å². The van der Waals surface area contributed by atoms with Crippen molar-refractivity contribution in [3.05, 3.63) is 85.1 Å². The number of carbonyl (C=O) groups is 2. The van der Waals surface area contributed by atoms with Crippen molar-refractivity contribution in [2.45, 2.75) is 251 Å². The van der Waals surface area contributed by atoms with E-state index >= 15 is 0 Å². The second-order valence-corrected chi connectivity index (χ2v) is 19.9. The van der Waals surface area contributed by atoms with E-state index in [1.165, 1.54) is 122 Å². The van der Waals surface area contributed by atoms with E-state index in [1.54, 1.807) is 0 Å². The molecule has 0 radical (unpaired) electrons. The molecule has 0 amide bonds. The minimum absolute atomic E-state index is 0.0498. The molecule has 0 bridgehead atoms. The van der Waals surface area contributed by atoms with E-state index in [-0.39, 0.29) is 38.6 Å². The molecule has 398 valence electrons. The summed E-state index contributed by atoms with van der Waals surface area (Å²) in [5.74, 6) is -0.833. The molecule has 3 N–H and O–H groups in total. The lowest BCUT2D eigenvalue weighted by atomic mass is 10.0. The van der Waals surface area contributed by atoms with Crippen LogP contribution in [0, 0.1) is 0 Å². The zero-order valence-electron chi connectivity index (χ0n) is 44.3. The number of nitrogens with two attached hydrogens (primary N) is 1. The quantitative estimate of drug-likeness (QED) is 0.0264. The molecule has 10 heteroatoms. The van der Waals surface area contributed by atoms with Gasteiger partial charge in [0.05, 0.1) is 13.2 Å². The van der Waals surface area contributed by atoms with Crippen LogP contribution >= 0.6 is 7.82 Å². The third-order valence-corrected chi connectivity index (χ3v) is 12.7. The predicted molar refractivity (Wildman–Crippen MR) is 293 cm³/mol. The van der Waals surface area contributed by atoms with Gasteiger partial charge in [0.1, 0.15) is 6.61 Å². The molecule has 0 spiro atoms. The Morgan fingerprint density at radius 3 is 1.20 bits per heavy atom. The average molecular weight is 986 g/mol. The summed E-state index contributed by atoms with van der Waals surface area (Å²) in [6.45, 7) is 3.63. The molecule has 0 rings (SSSR count). The van der Waals surface area contributed by atoms with Crippen molar-refractivity contribution < 1.29 is 37.6 Å². The number of hydrogen-bond donors (Lipinski definition) is 2. The van der Waals surface area contributed by atoms with Crippen molar-refractivity contribution >= 4 is 19.8 Å². The van der Waals surface area contributed by atoms with Gasteiger partial charge >= 0.3 is 19.8 Å². The first-order chi connectivity index (χ1) is 33.8. The molecule has 0 heterocycles. The van der Waals surface area contributed by atoms with Crippen LogP contribution in [0.2, 0.25) is 0 Å². The van der Waals surface area contributed by atoms with Crippen LogP contribution in [0.4, 0.5) is 0 Å². The molecule has 2 unspecified atom stereocenters. The van der Waals surface area contributed by atoms with Gasteiger partial charge in [0, 0.05) is 19.4 Å². The van der Waals surface area contributed by atoms with Gasteiger partial charge in [-0.05, 0) is 89.9 Å². The van der Waals surface area contributed by atoms with Gasteiger partial charge in [0.25, 0.3) is 0 Å². The minimum atomic E-state index is -4.39. The summed E-state index contributed by atoms with van der Waals surface area (Å²) in [5, 5.41) is 0. The topological polar surface area (TPSA) is 134 Å². The van der Waals surface area contributed by atoms with E-state index in [1.807, 2.05) is 0 Å². The Morgan fingerprint density at radius 1 is 0.449 bits per heavy atom. The number of phosphoric acid groups is 1. The number of ether oxygens (including phenoxy) is 2. The summed E-state index contributed by atoms with van der Waals surface area (Å²) in [5.41, 5.74) is 5.38. The minimum Gasteiger partial charge on any atom is -0.462 e. The highest BCUT2D eigenvalue weighted by Gasteiger charge is 2.26. The van der Waals surface area contributed by atoms with Gasteiger partial charge in [0.2, 0.25) is 0 Å². The van der Waals surface area contributed by atoms with Crippen molar-refractivity contribution in [2.75, 3.05) is 26.4 Å². The van der Waals surface area contributed by atoms with Crippen LogP contribution in [0.25, 0.3) is 0 Å². The fourth-order valence-electron chi connectivity index (χ4n) is 7.63. The molecule has 0 aliphatic carbocycles. The normalized spacial score (nSPS) is 13.7. The Bertz CT molecular complexity index is 1400. The molecule has 0 aliphatic heterocycles. The average Bonchev–Trinajstić information content (AvgIpc) is 3.34. The molecular formula is C59H104NO8P. The summed E-state index contributed by atoms with van der Waals surface area (Å²) in [6, 6.07) is 0. The maximum atomic E-state index is 12.7. The van der Waals surface area contributed by atoms with Crippen molar-refractivity contribution in [3.63, 3.8) is 0 Å². The summed E-state index contributed by atoms with van der Waals surface area (Å²) in [4.78, 5) is 35.1. The van der Waals surface area contributed by atoms with Crippen LogP contribution in [0.3, 0.4) is 0 Å². The fourth-order valence-corrected chi connectivity index (χ4v) is 8.40. The van der Waals surface area contributed by atoms with Crippen LogP contribution in [0.5, 0.6) is 0 Å². The first kappa shape index (κ1) is 66.2. The number of phosphoric ester groups is 1. The van der Waals surface area contributed by atoms with E-state index < -0.39 is 26.5 Å². The summed E-state index contributed by atoms with van der Waals surface area (Å²) < 4.78 is 33.0. The lowest BCUT2D eigenvalue weighted by molar-refractivity contribution is -0.161. The Labute approximate surface area is 424 Å². The van der Waals surface area contributed by atoms with Crippen LogP contribution in [0.1, 0.15) is 245 Å². The smallest absolute Gasteiger partial charge is 0.462 e. The first-order valence-electron chi connectivity index (χ1n) is 28.1. The van der Waals surface area contributed by atoms with Gasteiger partial charge in [-0.25, -0.2) is 4.57 Å². The van der Waals surface area contributed by atoms with Gasteiger partial charge < -0.3 is 20.1 Å². The van der Waals surface area contributed by atoms with Gasteiger partial charge in [-0.1, -0.05) is 227 Å². The highest BCUT2D eigenvalue weighted by Crippen LogP contribution is 2.43. The fraction of sp³-hybridized carbons (Fsp3) is 0.729. The molecule has 2 atom stereocenters. The zero-order chi connectivity index (χ0) is 50.2. The molecule has 0 fully saturated rings. The largest absolute Gasteiger partial charge is 0.472 e. The van der Waals surface area contributed by atoms with Gasteiger partial charge in [0.15, 0.2) is 6.10 Å². The molecule has 0 aromatic heterocycles. The van der Waals surface area contributed by atoms with Crippen molar-refractivity contribution in [1.82, 2.24) is 0 Å². The summed E-state index contributed by atoms with van der Waals surface area (Å²) in [6.07, 6.45) is 70.6. The van der Waals surface area contributed by atoms with Gasteiger partial charge in [-0.2, -0.15) is 0 Å². The highest BCUT2D eigenvalue weighted by atomic mass is 31.2. The SMILES string of the molecule is CC/C=C\C/C=C\C/C=C\C/C=C\C/C=C\C/C=C\CCCCCCCCCCCCCCC(=O)OC(COC(=O)CCCCCCCCC/C=C\CCCCCCCC)COP(=O)(O)OCCN. The zero-order valence-corrected chi connectivity index (χ0v) is 45.2. The molecule has 0 saturated carbocycles. The van der Waals surface area contributed by atoms with Gasteiger partial charge in [-0.3, -0.25) is 18.6 Å². The predicted octanol–water partition coefficient (Wildman–Crippen LogP) is 17.5. The molecule has 0 aromatic rings. The lowest BCUT2D eigenvalue weighted by Gasteiger charge is -2.19. The molecule has 9 nitrogen and oxygen atoms in total. The second kappa shape index (κ2) is 54.5. The molecule has 69 heavy (non-hydrogen) atoms. The molecule has 0 aromatic carbocycles. The molecule has 0 aliphatic rings. The van der Waals surface area contributed by atoms with Crippen LogP contribution < -0.4 is 5.73 Å². The first-order valence-corrected chi connectivity index (χ1v) is 29.6. The van der Waals surface area contributed by atoms with E-state index in [4.69, 9.17) is 24.3 Å². The van der Waals surface area contributed by atoms with E-state index in [0.717, 1.165) is 89.9 Å². The maximum absolute atomic E-state index is 12.7. The van der Waals surface area contributed by atoms with E-state index in [2.05, 4.69) is 98.9 Å². The third-order valence-electron chi connectivity index (χ3n) is 11.8. The van der Waals surface area contributed by atoms with Crippen LogP contribution in [-0.2, 0) is 32.7 Å². The van der Waals surface area contributed by atoms with E-state index in [0.29, 0.717) is 6.42 Å². The highest BCUT2D eigenvalue weighted by molar-refractivity contribution is 7.47. The second-order valence-electron chi connectivity index (χ2n) is 18.4. The Kier molecular flexibility index (Phi) is 52.3. The standard InChI is InChI=1S/C59H104NO8P/c1-3-5-7-9-11-13-15-17-19-21-22-23-24-25-26-27-28-29-30-31-32-33-34-36-38-40-42-44-46-48-50-52-59(62)68-57(56-67-69(63,64)66-54-53-60)55-65-58(61)51-49-47-45-43-41-39-37-35-20-18-16-14-12-10-8-6-4-2/h5,7,11,13,17-20,22-23,25-26,28-29,57H,3-4,6,8-10,12,14-16,21,24,27,30-56,60H2,1-2H3,(H,63,64)/b7-5-,13-11-,19-17-,20-18-,23-22-,26-25-,29-28-. The number of carbonyl (C=O) groups excluding carboxylic acids is 2. The lowest BCUT2D eigenvalue weighted by Crippen LogP contribution is -2.29. The molecular weight excluding hydrogens is 882 g/mol. The number of esters is 2. The Hall–Kier alpha value is -2.81. The number of rotatable bonds is 52.